The van der Waals surface area contributed by atoms with Gasteiger partial charge in [-0.1, -0.05) is 0 Å². The predicted molar refractivity (Wildman–Crippen MR) is 65.1 cm³/mol. The topological polar surface area (TPSA) is 92.7 Å². The van der Waals surface area contributed by atoms with Gasteiger partial charge >= 0.3 is 6.03 Å². The van der Waals surface area contributed by atoms with Gasteiger partial charge in [-0.15, -0.1) is 0 Å². The second kappa shape index (κ2) is 3.73. The summed E-state index contributed by atoms with van der Waals surface area (Å²) < 4.78 is 1.73. The first-order chi connectivity index (χ1) is 8.66. The molecule has 2 aromatic rings. The number of amides is 3. The summed E-state index contributed by atoms with van der Waals surface area (Å²) in [5.41, 5.74) is 7.14. The van der Waals surface area contributed by atoms with Crippen molar-refractivity contribution < 1.29 is 9.59 Å². The van der Waals surface area contributed by atoms with Crippen LogP contribution in [0.3, 0.4) is 0 Å². The first kappa shape index (κ1) is 10.6. The Morgan fingerprint density at radius 2 is 2.17 bits per heavy atom. The Bertz CT molecular complexity index is 648. The first-order valence-corrected chi connectivity index (χ1v) is 5.49. The average molecular weight is 245 g/mol. The number of carbonyl (C=O) groups excluding carboxylic acids is 2. The number of fused-ring (bicyclic) bond motifs is 1. The minimum Gasteiger partial charge on any atom is -0.397 e. The van der Waals surface area contributed by atoms with Crippen LogP contribution >= 0.6 is 0 Å². The van der Waals surface area contributed by atoms with Crippen LogP contribution < -0.4 is 16.0 Å². The molecule has 3 rings (SSSR count). The molecule has 18 heavy (non-hydrogen) atoms. The molecule has 0 spiro atoms. The van der Waals surface area contributed by atoms with Gasteiger partial charge in [0.25, 0.3) is 0 Å². The lowest BCUT2D eigenvalue weighted by molar-refractivity contribution is -0.120. The van der Waals surface area contributed by atoms with E-state index in [1.54, 1.807) is 29.1 Å². The van der Waals surface area contributed by atoms with Gasteiger partial charge in [-0.3, -0.25) is 19.4 Å². The Balaban J connectivity index is 2.09. The molecule has 0 saturated carbocycles. The third-order valence-electron chi connectivity index (χ3n) is 2.92. The van der Waals surface area contributed by atoms with E-state index in [4.69, 9.17) is 5.73 Å². The molecular weight excluding hydrogens is 234 g/mol. The summed E-state index contributed by atoms with van der Waals surface area (Å²) >= 11 is 0. The van der Waals surface area contributed by atoms with Crippen molar-refractivity contribution in [1.82, 2.24) is 14.7 Å². The second-order valence-electron chi connectivity index (χ2n) is 4.05. The number of pyridine rings is 1. The Labute approximate surface area is 102 Å². The van der Waals surface area contributed by atoms with Crippen LogP contribution in [0.5, 0.6) is 0 Å². The maximum atomic E-state index is 11.8. The number of nitrogens with one attached hydrogen (secondary N) is 1. The zero-order chi connectivity index (χ0) is 12.7. The molecule has 1 saturated heterocycles. The van der Waals surface area contributed by atoms with Crippen molar-refractivity contribution in [2.75, 3.05) is 17.2 Å². The van der Waals surface area contributed by atoms with Crippen molar-refractivity contribution in [1.29, 1.82) is 0 Å². The number of imidazole rings is 1. The number of rotatable bonds is 1. The number of hydrogen-bond acceptors (Lipinski definition) is 4. The van der Waals surface area contributed by atoms with Crippen molar-refractivity contribution in [2.45, 2.75) is 6.42 Å². The molecule has 3 heterocycles. The zero-order valence-corrected chi connectivity index (χ0v) is 9.46. The molecule has 0 bridgehead atoms. The van der Waals surface area contributed by atoms with Crippen LogP contribution in [0.2, 0.25) is 0 Å². The molecule has 0 aromatic carbocycles. The summed E-state index contributed by atoms with van der Waals surface area (Å²) in [7, 11) is 0. The zero-order valence-electron chi connectivity index (χ0n) is 9.46. The predicted octanol–water partition coefficient (Wildman–Crippen LogP) is 0.363. The smallest absolute Gasteiger partial charge is 0.329 e. The Hall–Kier alpha value is -2.57. The maximum absolute atomic E-state index is 11.8. The number of hydrogen-bond donors (Lipinski definition) is 2. The Morgan fingerprint density at radius 3 is 2.94 bits per heavy atom. The number of aromatic nitrogens is 2. The van der Waals surface area contributed by atoms with Gasteiger partial charge in [0.1, 0.15) is 12.1 Å². The number of urea groups is 1. The summed E-state index contributed by atoms with van der Waals surface area (Å²) in [6.45, 7) is 0.349. The van der Waals surface area contributed by atoms with Crippen molar-refractivity contribution in [3.05, 3.63) is 24.7 Å². The van der Waals surface area contributed by atoms with E-state index in [2.05, 4.69) is 10.3 Å². The highest BCUT2D eigenvalue weighted by Gasteiger charge is 2.25. The molecule has 7 heteroatoms. The van der Waals surface area contributed by atoms with E-state index in [0.717, 1.165) is 5.52 Å². The maximum Gasteiger partial charge on any atom is 0.329 e. The summed E-state index contributed by atoms with van der Waals surface area (Å²) in [5.74, 6) is 0.385. The lowest BCUT2D eigenvalue weighted by Gasteiger charge is -2.27. The normalized spacial score (nSPS) is 16.1. The molecule has 0 aliphatic carbocycles. The molecule has 1 aliphatic heterocycles. The molecule has 2 aromatic heterocycles. The number of imide groups is 1. The van der Waals surface area contributed by atoms with Crippen LogP contribution in [0.15, 0.2) is 24.7 Å². The quantitative estimate of drug-likeness (QED) is 0.758. The Kier molecular flexibility index (Phi) is 2.19. The van der Waals surface area contributed by atoms with E-state index < -0.39 is 6.03 Å². The monoisotopic (exact) mass is 245 g/mol. The lowest BCUT2D eigenvalue weighted by Crippen LogP contribution is -2.50. The lowest BCUT2D eigenvalue weighted by atomic mass is 10.3. The van der Waals surface area contributed by atoms with E-state index in [1.165, 1.54) is 4.90 Å². The number of nitrogens with zero attached hydrogens (tertiary/aromatic N) is 3. The third-order valence-corrected chi connectivity index (χ3v) is 2.92. The summed E-state index contributed by atoms with van der Waals surface area (Å²) in [5, 5.41) is 2.28. The molecule has 1 aliphatic rings. The molecule has 0 unspecified atom stereocenters. The van der Waals surface area contributed by atoms with E-state index in [9.17, 15) is 9.59 Å². The molecular formula is C11H11N5O2. The number of nitrogen functional groups attached to an aromatic ring is 1. The van der Waals surface area contributed by atoms with Crippen LogP contribution in [0.1, 0.15) is 6.42 Å². The summed E-state index contributed by atoms with van der Waals surface area (Å²) in [6.07, 6.45) is 3.50. The van der Waals surface area contributed by atoms with Gasteiger partial charge in [0.15, 0.2) is 0 Å². The van der Waals surface area contributed by atoms with Crippen molar-refractivity contribution in [2.24, 2.45) is 0 Å². The van der Waals surface area contributed by atoms with Gasteiger partial charge < -0.3 is 5.73 Å². The fourth-order valence-electron chi connectivity index (χ4n) is 2.02. The van der Waals surface area contributed by atoms with E-state index in [0.29, 0.717) is 18.1 Å². The van der Waals surface area contributed by atoms with Crippen molar-refractivity contribution >= 4 is 29.0 Å². The number of anilines is 2. The molecule has 0 radical (unpaired) electrons. The van der Waals surface area contributed by atoms with Gasteiger partial charge in [0, 0.05) is 13.0 Å². The van der Waals surface area contributed by atoms with Gasteiger partial charge in [-0.25, -0.2) is 9.78 Å². The van der Waals surface area contributed by atoms with Gasteiger partial charge in [0.05, 0.1) is 17.4 Å². The highest BCUT2D eigenvalue weighted by Crippen LogP contribution is 2.23. The number of nitrogens with two attached hydrogens (primary N) is 1. The fraction of sp³-hybridized carbons (Fsp3) is 0.182. The molecule has 1 fully saturated rings. The highest BCUT2D eigenvalue weighted by atomic mass is 16.2. The molecule has 7 nitrogen and oxygen atoms in total. The van der Waals surface area contributed by atoms with E-state index in [-0.39, 0.29) is 12.3 Å². The van der Waals surface area contributed by atoms with Crippen LogP contribution in [0, 0.1) is 0 Å². The molecule has 3 N–H and O–H groups in total. The molecule has 3 amide bonds. The Morgan fingerprint density at radius 1 is 1.33 bits per heavy atom. The molecule has 92 valence electrons. The number of carbonyl (C=O) groups is 2. The van der Waals surface area contributed by atoms with Crippen molar-refractivity contribution in [3.8, 4) is 0 Å². The minimum atomic E-state index is -0.425. The van der Waals surface area contributed by atoms with Gasteiger partial charge in [-0.05, 0) is 12.1 Å². The third kappa shape index (κ3) is 1.48. The van der Waals surface area contributed by atoms with Gasteiger partial charge in [0.2, 0.25) is 5.91 Å². The van der Waals surface area contributed by atoms with Crippen LogP contribution in [0.4, 0.5) is 16.3 Å². The average Bonchev–Trinajstić information content (AvgIpc) is 2.81. The van der Waals surface area contributed by atoms with Crippen LogP contribution in [-0.2, 0) is 4.79 Å². The SMILES string of the molecule is Nc1ccc(N2CCC(=O)NC2=O)n2cncc12. The standard InChI is InChI=1S/C11H11N5O2/c12-7-1-2-10(16-6-13-5-8(7)16)15-4-3-9(17)14-11(15)18/h1-2,5-6H,3-4,12H2,(H,14,17,18). The molecule has 0 atom stereocenters. The van der Waals surface area contributed by atoms with Crippen molar-refractivity contribution in [3.63, 3.8) is 0 Å². The summed E-state index contributed by atoms with van der Waals surface area (Å²) in [4.78, 5) is 28.4. The largest absolute Gasteiger partial charge is 0.397 e. The van der Waals surface area contributed by atoms with E-state index >= 15 is 0 Å². The van der Waals surface area contributed by atoms with Gasteiger partial charge in [-0.2, -0.15) is 0 Å². The van der Waals surface area contributed by atoms with Crippen LogP contribution in [0.25, 0.3) is 5.52 Å². The minimum absolute atomic E-state index is 0.256. The van der Waals surface area contributed by atoms with Crippen LogP contribution in [-0.4, -0.2) is 27.9 Å². The first-order valence-electron chi connectivity index (χ1n) is 5.49. The van der Waals surface area contributed by atoms with E-state index in [1.807, 2.05) is 0 Å². The summed E-state index contributed by atoms with van der Waals surface area (Å²) in [6, 6.07) is 3.03. The highest BCUT2D eigenvalue weighted by molar-refractivity contribution is 6.05. The second-order valence-corrected chi connectivity index (χ2v) is 4.05. The fourth-order valence-corrected chi connectivity index (χ4v) is 2.02.